The van der Waals surface area contributed by atoms with Gasteiger partial charge in [0.2, 0.25) is 5.91 Å². The molecule has 2 aromatic rings. The predicted octanol–water partition coefficient (Wildman–Crippen LogP) is 4.08. The quantitative estimate of drug-likeness (QED) is 0.566. The van der Waals surface area contributed by atoms with Crippen molar-refractivity contribution in [3.63, 3.8) is 0 Å². The minimum absolute atomic E-state index is 0.0918. The average molecular weight is 496 g/mol. The number of fused-ring (bicyclic) bond motifs is 2. The lowest BCUT2D eigenvalue weighted by atomic mass is 9.79. The van der Waals surface area contributed by atoms with Gasteiger partial charge in [-0.3, -0.25) is 9.69 Å². The Labute approximate surface area is 212 Å². The van der Waals surface area contributed by atoms with Crippen LogP contribution in [0.1, 0.15) is 36.0 Å². The Morgan fingerprint density at radius 3 is 2.31 bits per heavy atom. The van der Waals surface area contributed by atoms with E-state index in [9.17, 15) is 13.6 Å². The van der Waals surface area contributed by atoms with Gasteiger partial charge in [-0.05, 0) is 73.7 Å². The maximum Gasteiger partial charge on any atom is 0.246 e. The molecule has 0 aromatic heterocycles. The molecule has 3 aliphatic rings. The number of carbonyl (C=O) groups excluding carboxylic acids is 1. The number of nitrogens with zero attached hydrogens (tertiary/aromatic N) is 3. The lowest BCUT2D eigenvalue weighted by molar-refractivity contribution is -0.127. The Balaban J connectivity index is 1.02. The van der Waals surface area contributed by atoms with Gasteiger partial charge in [0, 0.05) is 51.4 Å². The third-order valence-corrected chi connectivity index (χ3v) is 7.86. The van der Waals surface area contributed by atoms with Gasteiger partial charge in [0.15, 0.2) is 0 Å². The van der Waals surface area contributed by atoms with Crippen LogP contribution in [0.2, 0.25) is 0 Å². The molecule has 36 heavy (non-hydrogen) atoms. The summed E-state index contributed by atoms with van der Waals surface area (Å²) in [7, 11) is 0. The van der Waals surface area contributed by atoms with E-state index >= 15 is 0 Å². The standard InChI is InChI=1S/C29H35F2N3O2/c30-25-20-23(21-26(31)22-25)6-7-28(35)34-17-15-33(16-18-34)12-3-11-32-13-9-29(10-14-32)27-5-2-1-4-24(27)8-19-36-29/h1-2,4-7,20-22H,3,8-19H2/b7-6+. The molecule has 0 aliphatic carbocycles. The highest BCUT2D eigenvalue weighted by molar-refractivity contribution is 5.91. The predicted molar refractivity (Wildman–Crippen MR) is 136 cm³/mol. The number of piperazine rings is 1. The molecule has 7 heteroatoms. The second-order valence-corrected chi connectivity index (χ2v) is 10.1. The van der Waals surface area contributed by atoms with Crippen LogP contribution in [0.3, 0.4) is 0 Å². The maximum atomic E-state index is 13.3. The summed E-state index contributed by atoms with van der Waals surface area (Å²) < 4.78 is 33.0. The average Bonchev–Trinajstić information content (AvgIpc) is 2.89. The van der Waals surface area contributed by atoms with E-state index in [1.165, 1.54) is 35.4 Å². The zero-order valence-corrected chi connectivity index (χ0v) is 20.8. The van der Waals surface area contributed by atoms with Crippen molar-refractivity contribution in [3.8, 4) is 0 Å². The lowest BCUT2D eigenvalue weighted by Crippen LogP contribution is -2.49. The molecule has 2 saturated heterocycles. The van der Waals surface area contributed by atoms with Crippen LogP contribution < -0.4 is 0 Å². The molecule has 0 radical (unpaired) electrons. The van der Waals surface area contributed by atoms with E-state index in [2.05, 4.69) is 34.1 Å². The number of ether oxygens (including phenoxy) is 1. The molecule has 5 nitrogen and oxygen atoms in total. The summed E-state index contributed by atoms with van der Waals surface area (Å²) in [5, 5.41) is 0. The fraction of sp³-hybridized carbons (Fsp3) is 0.483. The van der Waals surface area contributed by atoms with Gasteiger partial charge in [-0.15, -0.1) is 0 Å². The fourth-order valence-corrected chi connectivity index (χ4v) is 5.82. The van der Waals surface area contributed by atoms with E-state index in [1.54, 1.807) is 4.90 Å². The summed E-state index contributed by atoms with van der Waals surface area (Å²) in [6, 6.07) is 12.0. The van der Waals surface area contributed by atoms with Crippen LogP contribution >= 0.6 is 0 Å². The van der Waals surface area contributed by atoms with Crippen LogP contribution in [-0.2, 0) is 21.6 Å². The first-order valence-electron chi connectivity index (χ1n) is 13.1. The molecule has 5 rings (SSSR count). The van der Waals surface area contributed by atoms with Crippen molar-refractivity contribution in [1.82, 2.24) is 14.7 Å². The summed E-state index contributed by atoms with van der Waals surface area (Å²) >= 11 is 0. The monoisotopic (exact) mass is 495 g/mol. The van der Waals surface area contributed by atoms with Gasteiger partial charge in [0.05, 0.1) is 12.2 Å². The van der Waals surface area contributed by atoms with Gasteiger partial charge >= 0.3 is 0 Å². The maximum absolute atomic E-state index is 13.3. The smallest absolute Gasteiger partial charge is 0.246 e. The minimum Gasteiger partial charge on any atom is -0.370 e. The highest BCUT2D eigenvalue weighted by Crippen LogP contribution is 2.41. The van der Waals surface area contributed by atoms with Crippen molar-refractivity contribution in [1.29, 1.82) is 0 Å². The number of hydrogen-bond acceptors (Lipinski definition) is 4. The van der Waals surface area contributed by atoms with E-state index in [4.69, 9.17) is 4.74 Å². The molecule has 0 bridgehead atoms. The van der Waals surface area contributed by atoms with Crippen molar-refractivity contribution in [2.24, 2.45) is 0 Å². The van der Waals surface area contributed by atoms with Crippen molar-refractivity contribution in [3.05, 3.63) is 76.9 Å². The minimum atomic E-state index is -0.646. The van der Waals surface area contributed by atoms with Crippen LogP contribution in [0.25, 0.3) is 6.08 Å². The van der Waals surface area contributed by atoms with Crippen LogP contribution in [0.4, 0.5) is 8.78 Å². The summed E-state index contributed by atoms with van der Waals surface area (Å²) in [4.78, 5) is 19.3. The third-order valence-electron chi connectivity index (χ3n) is 7.86. The molecule has 0 unspecified atom stereocenters. The largest absolute Gasteiger partial charge is 0.370 e. The fourth-order valence-electron chi connectivity index (χ4n) is 5.82. The number of likely N-dealkylation sites (tertiary alicyclic amines) is 1. The molecule has 1 spiro atoms. The van der Waals surface area contributed by atoms with Crippen LogP contribution in [-0.4, -0.2) is 79.6 Å². The molecule has 1 amide bonds. The zero-order chi connectivity index (χ0) is 25.0. The van der Waals surface area contributed by atoms with Gasteiger partial charge in [-0.25, -0.2) is 8.78 Å². The van der Waals surface area contributed by atoms with E-state index in [-0.39, 0.29) is 11.5 Å². The third kappa shape index (κ3) is 5.85. The Morgan fingerprint density at radius 2 is 1.58 bits per heavy atom. The number of hydrogen-bond donors (Lipinski definition) is 0. The Bertz CT molecular complexity index is 1070. The first kappa shape index (κ1) is 25.1. The van der Waals surface area contributed by atoms with Crippen LogP contribution in [0, 0.1) is 11.6 Å². The zero-order valence-electron chi connectivity index (χ0n) is 20.8. The topological polar surface area (TPSA) is 36.0 Å². The Morgan fingerprint density at radius 1 is 0.917 bits per heavy atom. The molecule has 0 atom stereocenters. The molecule has 2 fully saturated rings. The molecular formula is C29H35F2N3O2. The second-order valence-electron chi connectivity index (χ2n) is 10.1. The highest BCUT2D eigenvalue weighted by Gasteiger charge is 2.40. The van der Waals surface area contributed by atoms with Crippen molar-refractivity contribution in [2.75, 3.05) is 59.0 Å². The number of carbonyl (C=O) groups is 1. The molecule has 3 heterocycles. The van der Waals surface area contributed by atoms with Gasteiger partial charge in [-0.2, -0.15) is 0 Å². The summed E-state index contributed by atoms with van der Waals surface area (Å²) in [6.45, 7) is 8.11. The van der Waals surface area contributed by atoms with Gasteiger partial charge < -0.3 is 14.5 Å². The molecule has 0 saturated carbocycles. The molecular weight excluding hydrogens is 460 g/mol. The summed E-state index contributed by atoms with van der Waals surface area (Å²) in [5.74, 6) is -1.41. The normalized spacial score (nSPS) is 20.7. The molecule has 192 valence electrons. The number of benzene rings is 2. The first-order valence-corrected chi connectivity index (χ1v) is 13.1. The number of rotatable bonds is 6. The van der Waals surface area contributed by atoms with E-state index < -0.39 is 11.6 Å². The molecule has 3 aliphatic heterocycles. The van der Waals surface area contributed by atoms with E-state index in [1.807, 2.05) is 0 Å². The highest BCUT2D eigenvalue weighted by atomic mass is 19.1. The van der Waals surface area contributed by atoms with Crippen molar-refractivity contribution < 1.29 is 18.3 Å². The number of amides is 1. The first-order chi connectivity index (χ1) is 17.5. The SMILES string of the molecule is O=C(/C=C/c1cc(F)cc(F)c1)N1CCN(CCCN2CCC3(CC2)OCCc2ccccc23)CC1. The Kier molecular flexibility index (Phi) is 7.79. The lowest BCUT2D eigenvalue weighted by Gasteiger charge is -2.45. The van der Waals surface area contributed by atoms with Crippen molar-refractivity contribution in [2.45, 2.75) is 31.3 Å². The van der Waals surface area contributed by atoms with E-state index in [0.717, 1.165) is 77.6 Å². The number of piperidine rings is 1. The van der Waals surface area contributed by atoms with Crippen molar-refractivity contribution >= 4 is 12.0 Å². The summed E-state index contributed by atoms with van der Waals surface area (Å²) in [6.07, 6.45) is 7.12. The molecule has 2 aromatic carbocycles. The number of halogens is 2. The van der Waals surface area contributed by atoms with Crippen LogP contribution in [0.5, 0.6) is 0 Å². The molecule has 0 N–H and O–H groups in total. The van der Waals surface area contributed by atoms with Gasteiger partial charge in [-0.1, -0.05) is 24.3 Å². The van der Waals surface area contributed by atoms with Gasteiger partial charge in [0.1, 0.15) is 11.6 Å². The Hall–Kier alpha value is -2.61. The van der Waals surface area contributed by atoms with Gasteiger partial charge in [0.25, 0.3) is 0 Å². The second kappa shape index (κ2) is 11.2. The van der Waals surface area contributed by atoms with Crippen LogP contribution in [0.15, 0.2) is 48.5 Å². The summed E-state index contributed by atoms with van der Waals surface area (Å²) in [5.41, 5.74) is 3.11. The van der Waals surface area contributed by atoms with E-state index in [0.29, 0.717) is 18.7 Å².